The number of rotatable bonds is 6. The third-order valence-electron chi connectivity index (χ3n) is 1.94. The first-order chi connectivity index (χ1) is 8.47. The number of carbonyl (C=O) groups is 1. The van der Waals surface area contributed by atoms with Crippen molar-refractivity contribution in [1.29, 1.82) is 0 Å². The van der Waals surface area contributed by atoms with Gasteiger partial charge in [-0.25, -0.2) is 9.36 Å². The molecule has 18 heavy (non-hydrogen) atoms. The van der Waals surface area contributed by atoms with Crippen LogP contribution in [0.5, 0.6) is 0 Å². The Morgan fingerprint density at radius 3 is 2.50 bits per heavy atom. The smallest absolute Gasteiger partial charge is 0.336 e. The summed E-state index contributed by atoms with van der Waals surface area (Å²) in [6.45, 7) is 0.154. The zero-order chi connectivity index (χ0) is 13.4. The number of amides is 2. The van der Waals surface area contributed by atoms with Crippen LogP contribution in [0.15, 0.2) is 30.3 Å². The van der Waals surface area contributed by atoms with Gasteiger partial charge in [0.15, 0.2) is 0 Å². The van der Waals surface area contributed by atoms with Gasteiger partial charge in [-0.3, -0.25) is 4.52 Å². The average molecular weight is 274 g/mol. The molecule has 0 spiro atoms. The van der Waals surface area contributed by atoms with E-state index >= 15 is 0 Å². The maximum absolute atomic E-state index is 11.3. The Bertz CT molecular complexity index is 420. The first kappa shape index (κ1) is 14.7. The maximum atomic E-state index is 11.3. The summed E-state index contributed by atoms with van der Waals surface area (Å²) < 4.78 is 14.5. The van der Waals surface area contributed by atoms with E-state index in [0.29, 0.717) is 6.54 Å². The van der Waals surface area contributed by atoms with Crippen molar-refractivity contribution in [2.24, 2.45) is 0 Å². The number of nitrogens with one attached hydrogen (secondary N) is 2. The molecule has 7 nitrogen and oxygen atoms in total. The Kier molecular flexibility index (Phi) is 5.80. The van der Waals surface area contributed by atoms with E-state index in [0.717, 1.165) is 5.56 Å². The van der Waals surface area contributed by atoms with E-state index in [1.165, 1.54) is 0 Å². The second kappa shape index (κ2) is 7.13. The topological polar surface area (TPSA) is 108 Å². The lowest BCUT2D eigenvalue weighted by atomic mass is 10.2. The second-order valence-corrected chi connectivity index (χ2v) is 4.66. The summed E-state index contributed by atoms with van der Waals surface area (Å²) in [6, 6.07) is 8.93. The van der Waals surface area contributed by atoms with Gasteiger partial charge >= 0.3 is 13.9 Å². The highest BCUT2D eigenvalue weighted by molar-refractivity contribution is 7.46. The lowest BCUT2D eigenvalue weighted by Crippen LogP contribution is -2.36. The molecule has 1 rings (SSSR count). The Labute approximate surface area is 104 Å². The van der Waals surface area contributed by atoms with E-state index in [1.807, 2.05) is 30.3 Å². The molecule has 4 N–H and O–H groups in total. The first-order valence-electron chi connectivity index (χ1n) is 5.23. The fourth-order valence-electron chi connectivity index (χ4n) is 1.17. The van der Waals surface area contributed by atoms with Crippen LogP contribution in [0.3, 0.4) is 0 Å². The van der Waals surface area contributed by atoms with Gasteiger partial charge in [0.05, 0.1) is 6.61 Å². The van der Waals surface area contributed by atoms with Crippen LogP contribution in [0.1, 0.15) is 5.56 Å². The minimum absolute atomic E-state index is 0.0196. The zero-order valence-corrected chi connectivity index (χ0v) is 10.5. The Morgan fingerprint density at radius 2 is 1.89 bits per heavy atom. The summed E-state index contributed by atoms with van der Waals surface area (Å²) in [5, 5.41) is 5.00. The minimum atomic E-state index is -4.46. The van der Waals surface area contributed by atoms with Crippen LogP contribution in [0.4, 0.5) is 4.79 Å². The largest absolute Gasteiger partial charge is 0.469 e. The number of urea groups is 1. The molecule has 1 aromatic carbocycles. The molecular formula is C10H15N2O5P. The van der Waals surface area contributed by atoms with Crippen LogP contribution < -0.4 is 10.6 Å². The lowest BCUT2D eigenvalue weighted by Gasteiger charge is -2.08. The molecule has 0 bridgehead atoms. The predicted octanol–water partition coefficient (Wildman–Crippen LogP) is 0.595. The summed E-state index contributed by atoms with van der Waals surface area (Å²) in [4.78, 5) is 28.1. The van der Waals surface area contributed by atoms with Crippen LogP contribution >= 0.6 is 7.82 Å². The molecule has 0 aliphatic rings. The molecule has 8 heteroatoms. The quantitative estimate of drug-likeness (QED) is 0.448. The van der Waals surface area contributed by atoms with Crippen LogP contribution in [0.2, 0.25) is 0 Å². The summed E-state index contributed by atoms with van der Waals surface area (Å²) in [5.74, 6) is 0. The van der Waals surface area contributed by atoms with Crippen molar-refractivity contribution in [1.82, 2.24) is 10.6 Å². The van der Waals surface area contributed by atoms with Crippen LogP contribution in [0.25, 0.3) is 0 Å². The van der Waals surface area contributed by atoms with Crippen molar-refractivity contribution in [2.45, 2.75) is 6.54 Å². The first-order valence-corrected chi connectivity index (χ1v) is 6.76. The van der Waals surface area contributed by atoms with E-state index in [9.17, 15) is 9.36 Å². The molecular weight excluding hydrogens is 259 g/mol. The number of hydrogen-bond acceptors (Lipinski definition) is 3. The van der Waals surface area contributed by atoms with E-state index in [1.54, 1.807) is 0 Å². The highest BCUT2D eigenvalue weighted by Crippen LogP contribution is 2.34. The molecule has 0 radical (unpaired) electrons. The SMILES string of the molecule is O=C(NCCOP(=O)(O)O)NCc1ccccc1. The highest BCUT2D eigenvalue weighted by atomic mass is 31.2. The minimum Gasteiger partial charge on any atom is -0.336 e. The number of carbonyl (C=O) groups excluding carboxylic acids is 1. The number of hydrogen-bond donors (Lipinski definition) is 4. The summed E-state index contributed by atoms with van der Waals surface area (Å²) in [7, 11) is -4.46. The molecule has 100 valence electrons. The molecule has 0 aromatic heterocycles. The van der Waals surface area contributed by atoms with E-state index < -0.39 is 13.9 Å². The molecule has 2 amide bonds. The van der Waals surface area contributed by atoms with Crippen LogP contribution in [-0.2, 0) is 15.6 Å². The van der Waals surface area contributed by atoms with Gasteiger partial charge in [0.1, 0.15) is 0 Å². The van der Waals surface area contributed by atoms with Crippen molar-refractivity contribution < 1.29 is 23.7 Å². The molecule has 0 unspecified atom stereocenters. The number of phosphoric acid groups is 1. The van der Waals surface area contributed by atoms with E-state index in [4.69, 9.17) is 9.79 Å². The van der Waals surface area contributed by atoms with Gasteiger partial charge < -0.3 is 20.4 Å². The van der Waals surface area contributed by atoms with Crippen LogP contribution in [0, 0.1) is 0 Å². The van der Waals surface area contributed by atoms with Crippen molar-refractivity contribution in [3.63, 3.8) is 0 Å². The van der Waals surface area contributed by atoms with E-state index in [-0.39, 0.29) is 13.2 Å². The Balaban J connectivity index is 2.13. The van der Waals surface area contributed by atoms with Gasteiger partial charge in [0.25, 0.3) is 0 Å². The molecule has 0 saturated carbocycles. The zero-order valence-electron chi connectivity index (χ0n) is 9.57. The molecule has 0 saturated heterocycles. The maximum Gasteiger partial charge on any atom is 0.469 e. The normalized spacial score (nSPS) is 11.0. The van der Waals surface area contributed by atoms with Crippen molar-refractivity contribution in [3.05, 3.63) is 35.9 Å². The number of benzene rings is 1. The molecule has 0 aliphatic carbocycles. The number of phosphoric ester groups is 1. The predicted molar refractivity (Wildman–Crippen MR) is 64.7 cm³/mol. The van der Waals surface area contributed by atoms with Crippen LogP contribution in [-0.4, -0.2) is 29.0 Å². The van der Waals surface area contributed by atoms with E-state index in [2.05, 4.69) is 15.2 Å². The van der Waals surface area contributed by atoms with Crippen molar-refractivity contribution in [3.8, 4) is 0 Å². The molecule has 1 aromatic rings. The van der Waals surface area contributed by atoms with Gasteiger partial charge in [-0.1, -0.05) is 30.3 Å². The average Bonchev–Trinajstić information content (AvgIpc) is 2.32. The van der Waals surface area contributed by atoms with Gasteiger partial charge in [-0.15, -0.1) is 0 Å². The molecule has 0 aliphatic heterocycles. The monoisotopic (exact) mass is 274 g/mol. The van der Waals surface area contributed by atoms with Gasteiger partial charge in [0.2, 0.25) is 0 Å². The standard InChI is InChI=1S/C10H15N2O5P/c13-10(11-6-7-17-18(14,15)16)12-8-9-4-2-1-3-5-9/h1-5H,6-8H2,(H2,11,12,13)(H2,14,15,16). The highest BCUT2D eigenvalue weighted by Gasteiger charge is 2.12. The molecule has 0 atom stereocenters. The fourth-order valence-corrected chi connectivity index (χ4v) is 1.50. The van der Waals surface area contributed by atoms with Crippen molar-refractivity contribution in [2.75, 3.05) is 13.2 Å². The second-order valence-electron chi connectivity index (χ2n) is 3.42. The van der Waals surface area contributed by atoms with Crippen molar-refractivity contribution >= 4 is 13.9 Å². The fraction of sp³-hybridized carbons (Fsp3) is 0.300. The molecule has 0 fully saturated rings. The Hall–Kier alpha value is -1.40. The Morgan fingerprint density at radius 1 is 1.22 bits per heavy atom. The summed E-state index contributed by atoms with van der Waals surface area (Å²) in [6.07, 6.45) is 0. The van der Waals surface area contributed by atoms with Gasteiger partial charge in [0, 0.05) is 13.1 Å². The molecule has 0 heterocycles. The van der Waals surface area contributed by atoms with Gasteiger partial charge in [-0.2, -0.15) is 0 Å². The van der Waals surface area contributed by atoms with Gasteiger partial charge in [-0.05, 0) is 5.56 Å². The summed E-state index contributed by atoms with van der Waals surface area (Å²) in [5.41, 5.74) is 0.958. The summed E-state index contributed by atoms with van der Waals surface area (Å²) >= 11 is 0. The lowest BCUT2D eigenvalue weighted by molar-refractivity contribution is 0.195. The third-order valence-corrected chi connectivity index (χ3v) is 2.46. The third kappa shape index (κ3) is 7.03.